The average molecular weight is 559 g/mol. The highest BCUT2D eigenvalue weighted by Crippen LogP contribution is 2.18. The molecule has 1 saturated heterocycles. The Morgan fingerprint density at radius 2 is 1.51 bits per heavy atom. The molecule has 2 unspecified atom stereocenters. The lowest BCUT2D eigenvalue weighted by molar-refractivity contribution is 0.0483. The van der Waals surface area contributed by atoms with Crippen LogP contribution in [0.25, 0.3) is 11.2 Å². The summed E-state index contributed by atoms with van der Waals surface area (Å²) >= 11 is 0. The van der Waals surface area contributed by atoms with Gasteiger partial charge in [0.05, 0.1) is 18.8 Å². The van der Waals surface area contributed by atoms with Gasteiger partial charge in [0.1, 0.15) is 0 Å². The highest BCUT2D eigenvalue weighted by Gasteiger charge is 2.24. The molecule has 4 rings (SSSR count). The summed E-state index contributed by atoms with van der Waals surface area (Å²) in [7, 11) is 3.03. The Morgan fingerprint density at radius 1 is 0.919 bits per heavy atom. The summed E-state index contributed by atoms with van der Waals surface area (Å²) in [5, 5.41) is 23.9. The molecular weight excluding hydrogens is 521 g/mol. The molecule has 1 fully saturated rings. The van der Waals surface area contributed by atoms with E-state index in [1.54, 1.807) is 18.5 Å². The number of anilines is 1. The predicted molar refractivity (Wildman–Crippen MR) is 149 cm³/mol. The van der Waals surface area contributed by atoms with Crippen LogP contribution in [0.5, 0.6) is 0 Å². The first-order chi connectivity index (χ1) is 16.7. The van der Waals surface area contributed by atoms with Gasteiger partial charge in [-0.3, -0.25) is 23.7 Å². The van der Waals surface area contributed by atoms with Crippen LogP contribution in [-0.4, -0.2) is 90.2 Å². The van der Waals surface area contributed by atoms with Crippen LogP contribution in [0.1, 0.15) is 12.5 Å². The fraction of sp³-hybridized carbons (Fsp3) is 0.542. The van der Waals surface area contributed by atoms with Gasteiger partial charge in [-0.2, -0.15) is 4.98 Å². The number of piperazine rings is 1. The van der Waals surface area contributed by atoms with Crippen molar-refractivity contribution >= 4 is 41.9 Å². The third-order valence-corrected chi connectivity index (χ3v) is 6.49. The van der Waals surface area contributed by atoms with Crippen molar-refractivity contribution in [2.75, 3.05) is 44.6 Å². The highest BCUT2D eigenvalue weighted by molar-refractivity contribution is 5.85. The monoisotopic (exact) mass is 557 g/mol. The largest absolute Gasteiger partial charge is 0.392 e. The fourth-order valence-electron chi connectivity index (χ4n) is 4.63. The summed E-state index contributed by atoms with van der Waals surface area (Å²) in [6, 6.07) is 9.81. The summed E-state index contributed by atoms with van der Waals surface area (Å²) in [6.07, 6.45) is -1.10. The first kappa shape index (κ1) is 30.8. The topological polar surface area (TPSA) is 121 Å². The van der Waals surface area contributed by atoms with Crippen molar-refractivity contribution < 1.29 is 10.2 Å². The minimum atomic E-state index is -0.741. The maximum Gasteiger partial charge on any atom is 0.332 e. The van der Waals surface area contributed by atoms with Gasteiger partial charge in [-0.1, -0.05) is 30.3 Å². The van der Waals surface area contributed by atoms with Crippen LogP contribution in [0.2, 0.25) is 0 Å². The van der Waals surface area contributed by atoms with Crippen molar-refractivity contribution in [1.82, 2.24) is 28.5 Å². The van der Waals surface area contributed by atoms with E-state index >= 15 is 0 Å². The molecule has 37 heavy (non-hydrogen) atoms. The second-order valence-electron chi connectivity index (χ2n) is 9.37. The van der Waals surface area contributed by atoms with E-state index in [1.165, 1.54) is 11.6 Å². The van der Waals surface area contributed by atoms with Crippen LogP contribution in [0, 0.1) is 0 Å². The molecule has 1 aliphatic rings. The summed E-state index contributed by atoms with van der Waals surface area (Å²) in [5.74, 6) is 0.433. The Labute approximate surface area is 228 Å². The Kier molecular flexibility index (Phi) is 11.2. The van der Waals surface area contributed by atoms with Crippen molar-refractivity contribution in [3.05, 3.63) is 56.7 Å². The van der Waals surface area contributed by atoms with Crippen LogP contribution in [0.4, 0.5) is 5.95 Å². The van der Waals surface area contributed by atoms with E-state index in [0.29, 0.717) is 25.6 Å². The number of fused-ring (bicyclic) bond motifs is 1. The molecule has 206 valence electrons. The van der Waals surface area contributed by atoms with Gasteiger partial charge in [-0.15, -0.1) is 24.8 Å². The second kappa shape index (κ2) is 13.4. The molecule has 11 nitrogen and oxygen atoms in total. The number of rotatable bonds is 9. The zero-order valence-electron chi connectivity index (χ0n) is 21.4. The zero-order chi connectivity index (χ0) is 25.1. The Bertz CT molecular complexity index is 1270. The normalized spacial score (nSPS) is 16.1. The number of nitrogens with one attached hydrogen (secondary N) is 1. The standard InChI is InChI=1S/C24H35N7O4.2ClH/c1-17(32)14-29-9-11-30(12-10-29)15-19(33)16-31-20-21(27(2)24(35)28(3)22(20)34)26-23(31)25-13-18-7-5-4-6-8-18;;/h4-8,17,19,32-33H,9-16H2,1-3H3,(H,25,26);2*1H. The molecule has 3 heterocycles. The van der Waals surface area contributed by atoms with Crippen molar-refractivity contribution in [1.29, 1.82) is 0 Å². The molecule has 0 radical (unpaired) electrons. The van der Waals surface area contributed by atoms with Crippen LogP contribution in [0.15, 0.2) is 39.9 Å². The van der Waals surface area contributed by atoms with Gasteiger partial charge in [0.2, 0.25) is 5.95 Å². The highest BCUT2D eigenvalue weighted by atomic mass is 35.5. The summed E-state index contributed by atoms with van der Waals surface area (Å²) in [5.41, 5.74) is 0.724. The van der Waals surface area contributed by atoms with Gasteiger partial charge in [0.25, 0.3) is 5.56 Å². The zero-order valence-corrected chi connectivity index (χ0v) is 23.0. The number of aromatic nitrogens is 4. The smallest absolute Gasteiger partial charge is 0.332 e. The second-order valence-corrected chi connectivity index (χ2v) is 9.37. The average Bonchev–Trinajstić information content (AvgIpc) is 3.19. The summed E-state index contributed by atoms with van der Waals surface area (Å²) in [6.45, 7) is 6.79. The number of aliphatic hydroxyl groups is 2. The molecule has 0 aliphatic carbocycles. The van der Waals surface area contributed by atoms with Crippen molar-refractivity contribution in [3.8, 4) is 0 Å². The number of hydrogen-bond donors (Lipinski definition) is 3. The number of imidazole rings is 1. The molecule has 3 N–H and O–H groups in total. The van der Waals surface area contributed by atoms with Crippen molar-refractivity contribution in [2.24, 2.45) is 14.1 Å². The number of β-amino-alcohol motifs (C(OH)–C–C–N with tert-alkyl or cyclic N) is 2. The van der Waals surface area contributed by atoms with Crippen LogP contribution >= 0.6 is 24.8 Å². The molecule has 0 amide bonds. The molecule has 0 spiro atoms. The molecule has 0 saturated carbocycles. The summed E-state index contributed by atoms with van der Waals surface area (Å²) < 4.78 is 4.11. The van der Waals surface area contributed by atoms with Gasteiger partial charge >= 0.3 is 5.69 Å². The van der Waals surface area contributed by atoms with E-state index in [1.807, 2.05) is 30.3 Å². The molecule has 0 bridgehead atoms. The molecule has 2 aromatic heterocycles. The van der Waals surface area contributed by atoms with E-state index < -0.39 is 17.4 Å². The number of hydrogen-bond acceptors (Lipinski definition) is 8. The maximum atomic E-state index is 13.0. The van der Waals surface area contributed by atoms with Gasteiger partial charge in [-0.05, 0) is 12.5 Å². The minimum absolute atomic E-state index is 0. The molecule has 1 aromatic carbocycles. The fourth-order valence-corrected chi connectivity index (χ4v) is 4.63. The number of aryl methyl sites for hydroxylation is 1. The number of nitrogens with zero attached hydrogens (tertiary/aromatic N) is 6. The van der Waals surface area contributed by atoms with E-state index in [0.717, 1.165) is 36.3 Å². The molecule has 1 aliphatic heterocycles. The van der Waals surface area contributed by atoms with Gasteiger partial charge in [-0.25, -0.2) is 4.79 Å². The number of aliphatic hydroxyl groups excluding tert-OH is 2. The van der Waals surface area contributed by atoms with E-state index in [-0.39, 0.29) is 48.6 Å². The van der Waals surface area contributed by atoms with Crippen molar-refractivity contribution in [3.63, 3.8) is 0 Å². The number of halogens is 2. The maximum absolute atomic E-state index is 13.0. The van der Waals surface area contributed by atoms with Crippen LogP contribution in [-0.2, 0) is 27.2 Å². The van der Waals surface area contributed by atoms with Crippen LogP contribution < -0.4 is 16.6 Å². The van der Waals surface area contributed by atoms with E-state index in [4.69, 9.17) is 0 Å². The van der Waals surface area contributed by atoms with E-state index in [2.05, 4.69) is 20.1 Å². The Hall–Kier alpha value is -2.41. The summed E-state index contributed by atoms with van der Waals surface area (Å²) in [4.78, 5) is 34.5. The van der Waals surface area contributed by atoms with Gasteiger partial charge in [0.15, 0.2) is 11.2 Å². The molecule has 13 heteroatoms. The SMILES string of the molecule is CC(O)CN1CCN(CC(O)Cn2c(NCc3ccccc3)nc3c2c(=O)n(C)c(=O)n3C)CC1.Cl.Cl. The molecule has 2 atom stereocenters. The quantitative estimate of drug-likeness (QED) is 0.342. The first-order valence-electron chi connectivity index (χ1n) is 12.0. The molecule has 3 aromatic rings. The molecular formula is C24H37Cl2N7O4. The Morgan fingerprint density at radius 3 is 2.11 bits per heavy atom. The minimum Gasteiger partial charge on any atom is -0.392 e. The van der Waals surface area contributed by atoms with E-state index in [9.17, 15) is 19.8 Å². The lowest BCUT2D eigenvalue weighted by Gasteiger charge is -2.36. The third-order valence-electron chi connectivity index (χ3n) is 6.49. The first-order valence-corrected chi connectivity index (χ1v) is 12.0. The lowest BCUT2D eigenvalue weighted by Crippen LogP contribution is -2.50. The Balaban J connectivity index is 0.00000241. The van der Waals surface area contributed by atoms with Crippen LogP contribution in [0.3, 0.4) is 0 Å². The third kappa shape index (κ3) is 7.13. The van der Waals surface area contributed by atoms with Gasteiger partial charge < -0.3 is 20.1 Å². The van der Waals surface area contributed by atoms with Crippen molar-refractivity contribution in [2.45, 2.75) is 32.2 Å². The lowest BCUT2D eigenvalue weighted by atomic mass is 10.2. The van der Waals surface area contributed by atoms with Gasteiger partial charge in [0, 0.05) is 59.9 Å². The predicted octanol–water partition coefficient (Wildman–Crippen LogP) is 0.249. The number of benzene rings is 1.